The molecule has 0 saturated carbocycles. The maximum atomic E-state index is 12.2. The normalized spacial score (nSPS) is 10.6. The van der Waals surface area contributed by atoms with Crippen molar-refractivity contribution >= 4 is 11.9 Å². The van der Waals surface area contributed by atoms with Gasteiger partial charge in [-0.15, -0.1) is 0 Å². The maximum Gasteiger partial charge on any atom is 0.341 e. The fourth-order valence-electron chi connectivity index (χ4n) is 4.64. The topological polar surface area (TPSA) is 61.8 Å². The summed E-state index contributed by atoms with van der Waals surface area (Å²) in [6.07, 6.45) is 3.64. The minimum atomic E-state index is -0.514. The molecule has 0 atom stereocenters. The molecule has 5 nitrogen and oxygen atoms in total. The third-order valence-electron chi connectivity index (χ3n) is 7.01. The van der Waals surface area contributed by atoms with Crippen molar-refractivity contribution in [3.05, 3.63) is 127 Å². The van der Waals surface area contributed by atoms with E-state index in [1.807, 2.05) is 12.1 Å². The van der Waals surface area contributed by atoms with Crippen LogP contribution < -0.4 is 4.74 Å². The molecule has 4 aromatic rings. The average Bonchev–Trinajstić information content (AvgIpc) is 3.03. The van der Waals surface area contributed by atoms with E-state index in [2.05, 4.69) is 86.8 Å². The van der Waals surface area contributed by atoms with Crippen molar-refractivity contribution in [1.82, 2.24) is 0 Å². The molecule has 0 aliphatic rings. The van der Waals surface area contributed by atoms with E-state index >= 15 is 0 Å². The predicted molar refractivity (Wildman–Crippen MR) is 168 cm³/mol. The van der Waals surface area contributed by atoms with E-state index in [1.165, 1.54) is 24.3 Å². The van der Waals surface area contributed by atoms with Gasteiger partial charge in [0.2, 0.25) is 0 Å². The van der Waals surface area contributed by atoms with Crippen molar-refractivity contribution in [2.24, 2.45) is 0 Å². The van der Waals surface area contributed by atoms with E-state index in [0.717, 1.165) is 46.2 Å². The van der Waals surface area contributed by atoms with E-state index in [9.17, 15) is 9.59 Å². The van der Waals surface area contributed by atoms with Gasteiger partial charge in [0.15, 0.2) is 0 Å². The summed E-state index contributed by atoms with van der Waals surface area (Å²) in [5, 5.41) is 0. The highest BCUT2D eigenvalue weighted by molar-refractivity contribution is 5.90. The molecule has 0 bridgehead atoms. The Balaban J connectivity index is 1.59. The summed E-state index contributed by atoms with van der Waals surface area (Å²) in [4.78, 5) is 23.6. The largest absolute Gasteiger partial charge is 0.463 e. The Morgan fingerprint density at radius 1 is 0.786 bits per heavy atom. The lowest BCUT2D eigenvalue weighted by molar-refractivity contribution is -0.137. The molecule has 214 valence electrons. The zero-order chi connectivity index (χ0) is 29.9. The molecule has 0 amide bonds. The Morgan fingerprint density at radius 2 is 1.36 bits per heavy atom. The Kier molecular flexibility index (Phi) is 10.6. The van der Waals surface area contributed by atoms with Crippen LogP contribution in [0.25, 0.3) is 33.4 Å². The molecule has 5 heteroatoms. The predicted octanol–water partition coefficient (Wildman–Crippen LogP) is 8.02. The second-order valence-corrected chi connectivity index (χ2v) is 9.93. The van der Waals surface area contributed by atoms with Crippen molar-refractivity contribution in [1.29, 1.82) is 0 Å². The first-order valence-corrected chi connectivity index (χ1v) is 14.0. The fraction of sp³-hybridized carbons (Fsp3) is 0.189. The second-order valence-electron chi connectivity index (χ2n) is 9.93. The first kappa shape index (κ1) is 30.2. The number of rotatable bonds is 13. The summed E-state index contributed by atoms with van der Waals surface area (Å²) in [5.74, 6) is -0.487. The van der Waals surface area contributed by atoms with Crippen molar-refractivity contribution in [3.8, 4) is 39.1 Å². The standard InChI is InChI=1S/C37H36O5/c1-5-27-9-11-28(12-10-27)29-13-15-32(16-14-29)35-24-33(18-17-31(35)8-7-23-41-36(38)6-2)30-19-21-34(22-20-30)42-37(39)26(3)25-40-4/h6,9-22,24H,2-3,5,7-8,23,25H2,1,4H3. The molecule has 0 saturated heterocycles. The molecular formula is C37H36O5. The number of ether oxygens (including phenoxy) is 3. The molecule has 42 heavy (non-hydrogen) atoms. The van der Waals surface area contributed by atoms with Gasteiger partial charge in [-0.3, -0.25) is 0 Å². The number of methoxy groups -OCH3 is 1. The minimum absolute atomic E-state index is 0.120. The zero-order valence-electron chi connectivity index (χ0n) is 24.2. The van der Waals surface area contributed by atoms with Gasteiger partial charge in [0, 0.05) is 13.2 Å². The van der Waals surface area contributed by atoms with Crippen molar-refractivity contribution < 1.29 is 23.8 Å². The number of carbonyl (C=O) groups is 2. The molecule has 0 aliphatic heterocycles. The third kappa shape index (κ3) is 7.93. The molecule has 0 radical (unpaired) electrons. The van der Waals surface area contributed by atoms with Crippen LogP contribution in [0.3, 0.4) is 0 Å². The molecule has 4 rings (SSSR count). The van der Waals surface area contributed by atoms with Gasteiger partial charge in [-0.2, -0.15) is 0 Å². The lowest BCUT2D eigenvalue weighted by Gasteiger charge is -2.14. The van der Waals surface area contributed by atoms with Gasteiger partial charge in [-0.25, -0.2) is 9.59 Å². The van der Waals surface area contributed by atoms with Gasteiger partial charge in [-0.05, 0) is 82.0 Å². The van der Waals surface area contributed by atoms with Gasteiger partial charge >= 0.3 is 11.9 Å². The van der Waals surface area contributed by atoms with Gasteiger partial charge in [0.05, 0.1) is 18.8 Å². The van der Waals surface area contributed by atoms with Crippen LogP contribution in [-0.4, -0.2) is 32.3 Å². The molecule has 4 aromatic carbocycles. The van der Waals surface area contributed by atoms with Crippen LogP contribution in [0.5, 0.6) is 5.75 Å². The monoisotopic (exact) mass is 560 g/mol. The zero-order valence-corrected chi connectivity index (χ0v) is 24.2. The molecule has 0 N–H and O–H groups in total. The van der Waals surface area contributed by atoms with E-state index in [-0.39, 0.29) is 12.2 Å². The molecule has 0 aromatic heterocycles. The first-order chi connectivity index (χ1) is 20.4. The van der Waals surface area contributed by atoms with Crippen molar-refractivity contribution in [3.63, 3.8) is 0 Å². The highest BCUT2D eigenvalue weighted by Crippen LogP contribution is 2.33. The van der Waals surface area contributed by atoms with Crippen molar-refractivity contribution in [2.45, 2.75) is 26.2 Å². The number of hydrogen-bond acceptors (Lipinski definition) is 5. The number of aryl methyl sites for hydroxylation is 2. The summed E-state index contributed by atoms with van der Waals surface area (Å²) in [5.41, 5.74) is 9.32. The van der Waals surface area contributed by atoms with E-state index in [0.29, 0.717) is 18.8 Å². The number of benzene rings is 4. The Labute approximate surface area is 248 Å². The minimum Gasteiger partial charge on any atom is -0.463 e. The SMILES string of the molecule is C=CC(=O)OCCCc1ccc(-c2ccc(OC(=O)C(=C)COC)cc2)cc1-c1ccc(-c2ccc(CC)cc2)cc1. The molecule has 0 unspecified atom stereocenters. The smallest absolute Gasteiger partial charge is 0.341 e. The third-order valence-corrected chi connectivity index (χ3v) is 7.01. The molecular weight excluding hydrogens is 524 g/mol. The summed E-state index contributed by atoms with van der Waals surface area (Å²) in [6, 6.07) is 31.1. The average molecular weight is 561 g/mol. The lowest BCUT2D eigenvalue weighted by Crippen LogP contribution is -2.13. The quantitative estimate of drug-likeness (QED) is 0.0717. The number of hydrogen-bond donors (Lipinski definition) is 0. The molecule has 0 spiro atoms. The van der Waals surface area contributed by atoms with E-state index in [4.69, 9.17) is 14.2 Å². The summed E-state index contributed by atoms with van der Waals surface area (Å²) in [6.45, 7) is 9.75. The Hall–Kier alpha value is -4.74. The molecule has 0 fully saturated rings. The van der Waals surface area contributed by atoms with E-state index < -0.39 is 11.9 Å². The summed E-state index contributed by atoms with van der Waals surface area (Å²) in [7, 11) is 1.50. The van der Waals surface area contributed by atoms with Crippen LogP contribution in [0.1, 0.15) is 24.5 Å². The van der Waals surface area contributed by atoms with Gasteiger partial charge in [0.1, 0.15) is 5.75 Å². The Morgan fingerprint density at radius 3 is 1.98 bits per heavy atom. The van der Waals surface area contributed by atoms with Crippen LogP contribution in [0.2, 0.25) is 0 Å². The molecule has 0 heterocycles. The number of esters is 2. The van der Waals surface area contributed by atoms with Crippen molar-refractivity contribution in [2.75, 3.05) is 20.3 Å². The second kappa shape index (κ2) is 14.8. The van der Waals surface area contributed by atoms with E-state index in [1.54, 1.807) is 12.1 Å². The van der Waals surface area contributed by atoms with Crippen LogP contribution in [0.4, 0.5) is 0 Å². The highest BCUT2D eigenvalue weighted by Gasteiger charge is 2.12. The highest BCUT2D eigenvalue weighted by atomic mass is 16.5. The van der Waals surface area contributed by atoms with Crippen LogP contribution in [0, 0.1) is 0 Å². The summed E-state index contributed by atoms with van der Waals surface area (Å²) >= 11 is 0. The Bertz CT molecular complexity index is 1530. The van der Waals surface area contributed by atoms with Crippen LogP contribution in [-0.2, 0) is 31.9 Å². The molecule has 0 aliphatic carbocycles. The summed E-state index contributed by atoms with van der Waals surface area (Å²) < 4.78 is 15.6. The lowest BCUT2D eigenvalue weighted by atomic mass is 9.91. The number of carbonyl (C=O) groups excluding carboxylic acids is 2. The fourth-order valence-corrected chi connectivity index (χ4v) is 4.64. The maximum absolute atomic E-state index is 12.2. The van der Waals surface area contributed by atoms with Gasteiger partial charge in [0.25, 0.3) is 0 Å². The van der Waals surface area contributed by atoms with Gasteiger partial charge < -0.3 is 14.2 Å². The first-order valence-electron chi connectivity index (χ1n) is 14.0. The van der Waals surface area contributed by atoms with Crippen LogP contribution in [0.15, 0.2) is 116 Å². The van der Waals surface area contributed by atoms with Crippen LogP contribution >= 0.6 is 0 Å². The van der Waals surface area contributed by atoms with Gasteiger partial charge in [-0.1, -0.05) is 92.9 Å².